The number of nitrogens with zero attached hydrogens (tertiary/aromatic N) is 2. The van der Waals surface area contributed by atoms with E-state index in [1.807, 2.05) is 49.6 Å². The summed E-state index contributed by atoms with van der Waals surface area (Å²) in [4.78, 5) is 29.8. The summed E-state index contributed by atoms with van der Waals surface area (Å²) >= 11 is 2.56. The van der Waals surface area contributed by atoms with Crippen LogP contribution in [0.5, 0.6) is 0 Å². The van der Waals surface area contributed by atoms with Crippen LogP contribution >= 0.6 is 23.1 Å². The van der Waals surface area contributed by atoms with Crippen molar-refractivity contribution in [3.05, 3.63) is 46.1 Å². The number of aromatic nitrogens is 2. The van der Waals surface area contributed by atoms with Gasteiger partial charge in [-0.3, -0.25) is 9.59 Å². The summed E-state index contributed by atoms with van der Waals surface area (Å²) in [6, 6.07) is 9.67. The van der Waals surface area contributed by atoms with Crippen LogP contribution in [-0.2, 0) is 4.79 Å². The van der Waals surface area contributed by atoms with Crippen molar-refractivity contribution in [2.45, 2.75) is 19.0 Å². The van der Waals surface area contributed by atoms with E-state index < -0.39 is 0 Å². The zero-order valence-corrected chi connectivity index (χ0v) is 16.2. The molecule has 0 aliphatic carbocycles. The highest BCUT2D eigenvalue weighted by atomic mass is 32.2. The van der Waals surface area contributed by atoms with E-state index in [2.05, 4.69) is 10.3 Å². The number of nitrogens with two attached hydrogens (primary N) is 1. The molecule has 0 aliphatic rings. The van der Waals surface area contributed by atoms with Gasteiger partial charge in [0, 0.05) is 17.5 Å². The molecule has 0 aliphatic heterocycles. The lowest BCUT2D eigenvalue weighted by Crippen LogP contribution is -2.31. The van der Waals surface area contributed by atoms with Crippen LogP contribution in [0, 0.1) is 5.92 Å². The molecule has 1 amide bonds. The molecule has 3 aromatic rings. The van der Waals surface area contributed by atoms with Crippen molar-refractivity contribution in [1.82, 2.24) is 15.0 Å². The Labute approximate surface area is 159 Å². The summed E-state index contributed by atoms with van der Waals surface area (Å²) in [5, 5.41) is 5.60. The highest BCUT2D eigenvalue weighted by Gasteiger charge is 2.17. The Bertz CT molecular complexity index is 980. The molecule has 0 spiro atoms. The van der Waals surface area contributed by atoms with Gasteiger partial charge in [-0.15, -0.1) is 11.3 Å². The first kappa shape index (κ1) is 18.5. The predicted molar refractivity (Wildman–Crippen MR) is 108 cm³/mol. The number of rotatable bonds is 6. The lowest BCUT2D eigenvalue weighted by atomic mass is 10.1. The van der Waals surface area contributed by atoms with Crippen LogP contribution in [0.2, 0.25) is 0 Å². The Hall–Kier alpha value is -2.32. The van der Waals surface area contributed by atoms with Crippen molar-refractivity contribution in [2.75, 3.05) is 18.1 Å². The van der Waals surface area contributed by atoms with Crippen LogP contribution < -0.4 is 16.7 Å². The molecule has 0 fully saturated rings. The molecule has 0 bridgehead atoms. The third kappa shape index (κ3) is 3.91. The first-order chi connectivity index (χ1) is 12.5. The third-order valence-corrected chi connectivity index (χ3v) is 5.56. The number of hydrogen-bond donors (Lipinski definition) is 2. The van der Waals surface area contributed by atoms with Crippen LogP contribution in [0.1, 0.15) is 13.8 Å². The van der Waals surface area contributed by atoms with E-state index in [1.165, 1.54) is 11.3 Å². The molecule has 0 unspecified atom stereocenters. The number of hydrogen-bond acceptors (Lipinski definition) is 6. The number of amides is 1. The number of fused-ring (bicyclic) bond motifs is 1. The minimum Gasteiger partial charge on any atom is -0.355 e. The highest BCUT2D eigenvalue weighted by molar-refractivity contribution is 7.99. The Morgan fingerprint density at radius 3 is 2.77 bits per heavy atom. The first-order valence-electron chi connectivity index (χ1n) is 8.21. The van der Waals surface area contributed by atoms with Crippen molar-refractivity contribution in [1.29, 1.82) is 0 Å². The Morgan fingerprint density at radius 1 is 1.35 bits per heavy atom. The normalized spacial score (nSPS) is 11.2. The zero-order valence-electron chi connectivity index (χ0n) is 14.6. The monoisotopic (exact) mass is 388 g/mol. The summed E-state index contributed by atoms with van der Waals surface area (Å²) < 4.78 is 1.03. The number of nitrogen functional groups attached to an aromatic ring is 1. The van der Waals surface area contributed by atoms with Gasteiger partial charge in [0.05, 0.1) is 11.1 Å². The van der Waals surface area contributed by atoms with E-state index in [0.717, 1.165) is 27.6 Å². The molecule has 0 saturated carbocycles. The van der Waals surface area contributed by atoms with Crippen LogP contribution in [0.15, 0.2) is 45.7 Å². The maximum Gasteiger partial charge on any atom is 0.282 e. The Morgan fingerprint density at radius 2 is 2.08 bits per heavy atom. The molecule has 1 aromatic carbocycles. The van der Waals surface area contributed by atoms with Gasteiger partial charge in [0.2, 0.25) is 5.91 Å². The van der Waals surface area contributed by atoms with Gasteiger partial charge in [-0.2, -0.15) is 0 Å². The molecule has 0 saturated heterocycles. The summed E-state index contributed by atoms with van der Waals surface area (Å²) in [5.74, 6) is 6.40. The number of carbonyl (C=O) groups excluding carboxylic acids is 1. The second-order valence-corrected chi connectivity index (χ2v) is 8.05. The molecule has 136 valence electrons. The fraction of sp³-hybridized carbons (Fsp3) is 0.278. The maximum absolute atomic E-state index is 12.8. The molecule has 3 rings (SSSR count). The van der Waals surface area contributed by atoms with E-state index in [0.29, 0.717) is 27.8 Å². The Balaban J connectivity index is 1.87. The quantitative estimate of drug-likeness (QED) is 0.385. The number of carbonyl (C=O) groups is 1. The third-order valence-electron chi connectivity index (χ3n) is 3.73. The van der Waals surface area contributed by atoms with E-state index in [4.69, 9.17) is 5.84 Å². The number of benzene rings is 1. The van der Waals surface area contributed by atoms with Crippen molar-refractivity contribution in [3.8, 4) is 11.1 Å². The minimum absolute atomic E-state index is 0.103. The largest absolute Gasteiger partial charge is 0.355 e. The average molecular weight is 389 g/mol. The van der Waals surface area contributed by atoms with E-state index in [-0.39, 0.29) is 17.2 Å². The van der Waals surface area contributed by atoms with Crippen molar-refractivity contribution < 1.29 is 4.79 Å². The van der Waals surface area contributed by atoms with E-state index in [9.17, 15) is 9.59 Å². The minimum atomic E-state index is -0.305. The SMILES string of the molecule is CC(C)CNC(=O)CSc1nc2scc(-c3ccccc3)c2c(=O)n1N. The van der Waals surface area contributed by atoms with Crippen LogP contribution in [-0.4, -0.2) is 27.9 Å². The topological polar surface area (TPSA) is 90.0 Å². The van der Waals surface area contributed by atoms with Gasteiger partial charge in [-0.25, -0.2) is 9.66 Å². The number of thioether (sulfide) groups is 1. The highest BCUT2D eigenvalue weighted by Crippen LogP contribution is 2.31. The lowest BCUT2D eigenvalue weighted by Gasteiger charge is -2.09. The summed E-state index contributed by atoms with van der Waals surface area (Å²) in [6.45, 7) is 4.68. The average Bonchev–Trinajstić information content (AvgIpc) is 3.06. The predicted octanol–water partition coefficient (Wildman–Crippen LogP) is 2.70. The molecule has 2 aromatic heterocycles. The number of nitrogens with one attached hydrogen (secondary N) is 1. The molecule has 0 radical (unpaired) electrons. The fourth-order valence-corrected chi connectivity index (χ4v) is 4.15. The standard InChI is InChI=1S/C18H20N4O2S2/c1-11(2)8-20-14(23)10-26-18-21-16-15(17(24)22(18)19)13(9-25-16)12-6-4-3-5-7-12/h3-7,9,11H,8,10,19H2,1-2H3,(H,20,23). The van der Waals surface area contributed by atoms with Gasteiger partial charge in [-0.1, -0.05) is 55.9 Å². The molecular formula is C18H20N4O2S2. The van der Waals surface area contributed by atoms with Gasteiger partial charge in [-0.05, 0) is 11.5 Å². The molecule has 2 heterocycles. The smallest absolute Gasteiger partial charge is 0.282 e. The van der Waals surface area contributed by atoms with Crippen LogP contribution in [0.4, 0.5) is 0 Å². The van der Waals surface area contributed by atoms with Crippen molar-refractivity contribution in [3.63, 3.8) is 0 Å². The second-order valence-electron chi connectivity index (χ2n) is 6.25. The van der Waals surface area contributed by atoms with Gasteiger partial charge in [0.15, 0.2) is 5.16 Å². The molecule has 8 heteroatoms. The lowest BCUT2D eigenvalue weighted by molar-refractivity contribution is -0.118. The second kappa shape index (κ2) is 7.92. The van der Waals surface area contributed by atoms with Crippen molar-refractivity contribution >= 4 is 39.2 Å². The fourth-order valence-electron chi connectivity index (χ4n) is 2.42. The maximum atomic E-state index is 12.8. The van der Waals surface area contributed by atoms with Crippen LogP contribution in [0.25, 0.3) is 21.3 Å². The van der Waals surface area contributed by atoms with Gasteiger partial charge in [0.1, 0.15) is 4.83 Å². The van der Waals surface area contributed by atoms with Crippen molar-refractivity contribution in [2.24, 2.45) is 5.92 Å². The van der Waals surface area contributed by atoms with E-state index in [1.54, 1.807) is 0 Å². The first-order valence-corrected chi connectivity index (χ1v) is 10.1. The number of thiophene rings is 1. The zero-order chi connectivity index (χ0) is 18.7. The summed E-state index contributed by atoms with van der Waals surface area (Å²) in [6.07, 6.45) is 0. The van der Waals surface area contributed by atoms with E-state index >= 15 is 0 Å². The summed E-state index contributed by atoms with van der Waals surface area (Å²) in [7, 11) is 0. The Kier molecular flexibility index (Phi) is 5.63. The molecule has 3 N–H and O–H groups in total. The van der Waals surface area contributed by atoms with Gasteiger partial charge >= 0.3 is 0 Å². The molecular weight excluding hydrogens is 368 g/mol. The van der Waals surface area contributed by atoms with Crippen LogP contribution in [0.3, 0.4) is 0 Å². The van der Waals surface area contributed by atoms with Gasteiger partial charge in [0.25, 0.3) is 5.56 Å². The molecule has 26 heavy (non-hydrogen) atoms. The molecule has 6 nitrogen and oxygen atoms in total. The van der Waals surface area contributed by atoms with Gasteiger partial charge < -0.3 is 11.2 Å². The summed E-state index contributed by atoms with van der Waals surface area (Å²) in [5.41, 5.74) is 1.47. The molecule has 0 atom stereocenters.